The van der Waals surface area contributed by atoms with E-state index in [1.165, 1.54) is 16.7 Å². The van der Waals surface area contributed by atoms with Crippen molar-refractivity contribution in [3.63, 3.8) is 0 Å². The largest absolute Gasteiger partial charge is 0.388 e. The summed E-state index contributed by atoms with van der Waals surface area (Å²) in [5.41, 5.74) is 4.44. The third-order valence-corrected chi connectivity index (χ3v) is 9.53. The summed E-state index contributed by atoms with van der Waals surface area (Å²) in [6.07, 6.45) is 6.07. The van der Waals surface area contributed by atoms with E-state index in [-0.39, 0.29) is 17.4 Å². The van der Waals surface area contributed by atoms with Crippen molar-refractivity contribution in [2.45, 2.75) is 69.0 Å². The van der Waals surface area contributed by atoms with Gasteiger partial charge in [-0.3, -0.25) is 4.98 Å². The lowest BCUT2D eigenvalue weighted by Crippen LogP contribution is -2.58. The van der Waals surface area contributed by atoms with Gasteiger partial charge in [0.15, 0.2) is 0 Å². The average Bonchev–Trinajstić information content (AvgIpc) is 3.10. The molecule has 4 N–H and O–H groups in total. The number of fused-ring (bicyclic) bond motifs is 4. The first-order valence-corrected chi connectivity index (χ1v) is 13.1. The van der Waals surface area contributed by atoms with Crippen LogP contribution >= 0.6 is 0 Å². The number of aliphatic hydroxyl groups excluding tert-OH is 3. The molecule has 190 valence electrons. The van der Waals surface area contributed by atoms with Crippen LogP contribution in [0.3, 0.4) is 0 Å². The number of benzene rings is 1. The minimum atomic E-state index is -1.21. The standard InChI is InChI=1S/C30H36N2O4/c1-29-16-26(33)20-14-23-27(34)28(35)25(32(2)3)15-30(23,36)11-10-19(20)22(29)8-7-21(29)17-6-9-24-18(13-17)5-4-12-31-24/h4-7,9,12-14,22,25-28,33-36H,8,10-11,15-16H2,1-3H3/t22?,25-,26?,27+,28+,29+,30+/m0/s1. The molecule has 0 radical (unpaired) electrons. The summed E-state index contributed by atoms with van der Waals surface area (Å²) in [7, 11) is 3.73. The normalized spacial score (nSPS) is 38.3. The zero-order chi connectivity index (χ0) is 25.4. The van der Waals surface area contributed by atoms with Crippen molar-refractivity contribution >= 4 is 16.5 Å². The van der Waals surface area contributed by atoms with Crippen LogP contribution in [-0.4, -0.2) is 74.4 Å². The third-order valence-electron chi connectivity index (χ3n) is 9.53. The lowest BCUT2D eigenvalue weighted by molar-refractivity contribution is -0.0922. The molecule has 1 saturated carbocycles. The number of allylic oxidation sites excluding steroid dienone is 3. The number of aliphatic hydroxyl groups is 4. The predicted octanol–water partition coefficient (Wildman–Crippen LogP) is 3.21. The summed E-state index contributed by atoms with van der Waals surface area (Å²) in [4.78, 5) is 6.33. The highest BCUT2D eigenvalue weighted by Gasteiger charge is 2.53. The lowest BCUT2D eigenvalue weighted by atomic mass is 9.61. The second-order valence-corrected chi connectivity index (χ2v) is 11.7. The van der Waals surface area contributed by atoms with Gasteiger partial charge in [-0.1, -0.05) is 36.8 Å². The average molecular weight is 489 g/mol. The molecule has 2 aromatic rings. The predicted molar refractivity (Wildman–Crippen MR) is 140 cm³/mol. The first-order valence-electron chi connectivity index (χ1n) is 13.1. The number of hydrogen-bond acceptors (Lipinski definition) is 6. The van der Waals surface area contributed by atoms with Crippen molar-refractivity contribution in [3.8, 4) is 0 Å². The highest BCUT2D eigenvalue weighted by molar-refractivity contribution is 5.85. The van der Waals surface area contributed by atoms with Gasteiger partial charge >= 0.3 is 0 Å². The molecule has 1 heterocycles. The van der Waals surface area contributed by atoms with Crippen molar-refractivity contribution in [1.82, 2.24) is 9.88 Å². The Morgan fingerprint density at radius 3 is 2.67 bits per heavy atom. The molecule has 7 atom stereocenters. The van der Waals surface area contributed by atoms with Crippen LogP contribution < -0.4 is 0 Å². The molecule has 2 unspecified atom stereocenters. The van der Waals surface area contributed by atoms with Gasteiger partial charge in [-0.05, 0) is 92.6 Å². The van der Waals surface area contributed by atoms with E-state index in [0.717, 1.165) is 22.9 Å². The van der Waals surface area contributed by atoms with Gasteiger partial charge in [0.1, 0.15) is 6.10 Å². The summed E-state index contributed by atoms with van der Waals surface area (Å²) in [5.74, 6) is 0.225. The van der Waals surface area contributed by atoms with Crippen LogP contribution in [0.4, 0.5) is 0 Å². The van der Waals surface area contributed by atoms with Crippen molar-refractivity contribution in [2.75, 3.05) is 14.1 Å². The second-order valence-electron chi connectivity index (χ2n) is 11.7. The molecule has 36 heavy (non-hydrogen) atoms. The molecule has 0 amide bonds. The van der Waals surface area contributed by atoms with Crippen molar-refractivity contribution in [3.05, 3.63) is 71.0 Å². The zero-order valence-corrected chi connectivity index (χ0v) is 21.2. The maximum absolute atomic E-state index is 11.8. The number of hydrogen-bond donors (Lipinski definition) is 4. The number of rotatable bonds is 2. The molecule has 1 aromatic heterocycles. The first kappa shape index (κ1) is 24.0. The quantitative estimate of drug-likeness (QED) is 0.518. The van der Waals surface area contributed by atoms with Crippen molar-refractivity contribution in [1.29, 1.82) is 0 Å². The smallest absolute Gasteiger partial charge is 0.105 e. The highest BCUT2D eigenvalue weighted by atomic mass is 16.3. The first-order chi connectivity index (χ1) is 17.1. The minimum absolute atomic E-state index is 0.225. The Balaban J connectivity index is 1.38. The highest BCUT2D eigenvalue weighted by Crippen LogP contribution is 2.60. The summed E-state index contributed by atoms with van der Waals surface area (Å²) < 4.78 is 0. The van der Waals surface area contributed by atoms with Crippen LogP contribution in [-0.2, 0) is 0 Å². The third kappa shape index (κ3) is 3.46. The molecule has 4 aliphatic carbocycles. The van der Waals surface area contributed by atoms with Crippen molar-refractivity contribution in [2.24, 2.45) is 11.3 Å². The van der Waals surface area contributed by atoms with Gasteiger partial charge in [-0.2, -0.15) is 0 Å². The summed E-state index contributed by atoms with van der Waals surface area (Å²) >= 11 is 0. The second kappa shape index (κ2) is 8.33. The van der Waals surface area contributed by atoms with E-state index in [1.54, 1.807) is 0 Å². The fourth-order valence-corrected chi connectivity index (χ4v) is 7.54. The van der Waals surface area contributed by atoms with Crippen LogP contribution in [0.5, 0.6) is 0 Å². The fourth-order valence-electron chi connectivity index (χ4n) is 7.54. The topological polar surface area (TPSA) is 97.1 Å². The summed E-state index contributed by atoms with van der Waals surface area (Å²) in [5, 5.41) is 46.2. The summed E-state index contributed by atoms with van der Waals surface area (Å²) in [6.45, 7) is 2.26. The van der Waals surface area contributed by atoms with Crippen LogP contribution in [0, 0.1) is 11.3 Å². The van der Waals surface area contributed by atoms with Gasteiger partial charge in [-0.25, -0.2) is 0 Å². The molecule has 0 aliphatic heterocycles. The Morgan fingerprint density at radius 2 is 1.89 bits per heavy atom. The molecule has 1 fully saturated rings. The van der Waals surface area contributed by atoms with Gasteiger partial charge < -0.3 is 25.3 Å². The lowest BCUT2D eigenvalue weighted by Gasteiger charge is -2.46. The molecule has 0 bridgehead atoms. The Labute approximate surface area is 212 Å². The van der Waals surface area contributed by atoms with E-state index in [1.807, 2.05) is 37.3 Å². The van der Waals surface area contributed by atoms with E-state index in [9.17, 15) is 20.4 Å². The van der Waals surface area contributed by atoms with Crippen LogP contribution in [0.2, 0.25) is 0 Å². The van der Waals surface area contributed by atoms with E-state index >= 15 is 0 Å². The van der Waals surface area contributed by atoms with Crippen molar-refractivity contribution < 1.29 is 20.4 Å². The minimum Gasteiger partial charge on any atom is -0.388 e. The Kier molecular flexibility index (Phi) is 5.56. The number of aromatic nitrogens is 1. The zero-order valence-electron chi connectivity index (χ0n) is 21.2. The molecule has 6 rings (SSSR count). The molecule has 6 heteroatoms. The molecular weight excluding hydrogens is 452 g/mol. The van der Waals surface area contributed by atoms with E-state index < -0.39 is 23.9 Å². The molecule has 6 nitrogen and oxygen atoms in total. The summed E-state index contributed by atoms with van der Waals surface area (Å²) in [6, 6.07) is 10.1. The Hall–Kier alpha value is -2.35. The number of nitrogens with zero attached hydrogens (tertiary/aromatic N) is 2. The molecular formula is C30H36N2O4. The maximum Gasteiger partial charge on any atom is 0.105 e. The number of pyridine rings is 1. The van der Waals surface area contributed by atoms with Crippen LogP contribution in [0.15, 0.2) is 65.4 Å². The van der Waals surface area contributed by atoms with E-state index in [2.05, 4.69) is 42.2 Å². The Morgan fingerprint density at radius 1 is 1.08 bits per heavy atom. The fraction of sp³-hybridized carbons (Fsp3) is 0.500. The molecule has 0 spiro atoms. The van der Waals surface area contributed by atoms with E-state index in [4.69, 9.17) is 0 Å². The molecule has 0 saturated heterocycles. The van der Waals surface area contributed by atoms with Gasteiger partial charge in [0.05, 0.1) is 23.3 Å². The van der Waals surface area contributed by atoms with Gasteiger partial charge in [0.2, 0.25) is 0 Å². The van der Waals surface area contributed by atoms with Crippen LogP contribution in [0.1, 0.15) is 44.6 Å². The van der Waals surface area contributed by atoms with Gasteiger partial charge in [0.25, 0.3) is 0 Å². The molecule has 1 aromatic carbocycles. The molecule has 4 aliphatic rings. The van der Waals surface area contributed by atoms with Crippen LogP contribution in [0.25, 0.3) is 16.5 Å². The van der Waals surface area contributed by atoms with Gasteiger partial charge in [-0.15, -0.1) is 0 Å². The van der Waals surface area contributed by atoms with E-state index in [0.29, 0.717) is 31.3 Å². The Bertz CT molecular complexity index is 1310. The SMILES string of the molecule is CN(C)[C@H]1C[C@]2(O)CCC3=C(C=C2[C@@H](O)[C@@H]1O)C(O)C[C@]1(C)C(c2ccc4ncccc4c2)=CCC31. The van der Waals surface area contributed by atoms with Gasteiger partial charge in [0, 0.05) is 23.0 Å². The maximum atomic E-state index is 11.8. The monoisotopic (exact) mass is 488 g/mol. The number of likely N-dealkylation sites (N-methyl/N-ethyl adjacent to an activating group) is 1.